The molecule has 0 aromatic carbocycles. The molecule has 1 aliphatic heterocycles. The van der Waals surface area contributed by atoms with Gasteiger partial charge in [-0.25, -0.2) is 0 Å². The predicted molar refractivity (Wildman–Crippen MR) is 73.8 cm³/mol. The highest BCUT2D eigenvalue weighted by molar-refractivity contribution is 7.12. The normalized spacial score (nSPS) is 19.6. The van der Waals surface area contributed by atoms with E-state index in [9.17, 15) is 0 Å². The highest BCUT2D eigenvalue weighted by Crippen LogP contribution is 2.34. The van der Waals surface area contributed by atoms with Gasteiger partial charge >= 0.3 is 0 Å². The van der Waals surface area contributed by atoms with Gasteiger partial charge in [0, 0.05) is 22.7 Å². The molecule has 0 bridgehead atoms. The minimum absolute atomic E-state index is 0.271. The van der Waals surface area contributed by atoms with Gasteiger partial charge in [-0.15, -0.1) is 11.3 Å². The summed E-state index contributed by atoms with van der Waals surface area (Å²) in [6.45, 7) is 6.39. The van der Waals surface area contributed by atoms with E-state index in [-0.39, 0.29) is 6.10 Å². The van der Waals surface area contributed by atoms with Gasteiger partial charge in [0.05, 0.1) is 12.7 Å². The highest BCUT2D eigenvalue weighted by Gasteiger charge is 2.22. The number of aryl methyl sites for hydroxylation is 1. The van der Waals surface area contributed by atoms with Gasteiger partial charge in [-0.1, -0.05) is 13.8 Å². The summed E-state index contributed by atoms with van der Waals surface area (Å²) >= 11 is 2.00. The van der Waals surface area contributed by atoms with Crippen LogP contribution in [0.15, 0.2) is 6.07 Å². The zero-order chi connectivity index (χ0) is 12.3. The SMILES string of the molecule is CNCC1OCCc2sc(CCC(C)C)cc21. The van der Waals surface area contributed by atoms with Crippen LogP contribution >= 0.6 is 11.3 Å². The first-order chi connectivity index (χ1) is 8.20. The molecule has 2 heterocycles. The third-order valence-electron chi connectivity index (χ3n) is 3.25. The van der Waals surface area contributed by atoms with E-state index in [1.807, 2.05) is 18.4 Å². The smallest absolute Gasteiger partial charge is 0.0960 e. The molecule has 0 aliphatic carbocycles. The number of nitrogens with one attached hydrogen (secondary N) is 1. The van der Waals surface area contributed by atoms with E-state index in [2.05, 4.69) is 25.2 Å². The monoisotopic (exact) mass is 253 g/mol. The summed E-state index contributed by atoms with van der Waals surface area (Å²) in [5.41, 5.74) is 1.44. The summed E-state index contributed by atoms with van der Waals surface area (Å²) in [5, 5.41) is 3.22. The number of likely N-dealkylation sites (N-methyl/N-ethyl adjacent to an activating group) is 1. The molecule has 2 rings (SSSR count). The Labute approximate surface area is 108 Å². The molecular formula is C14H23NOS. The lowest BCUT2D eigenvalue weighted by Crippen LogP contribution is -2.24. The van der Waals surface area contributed by atoms with Crippen molar-refractivity contribution in [2.75, 3.05) is 20.2 Å². The van der Waals surface area contributed by atoms with Crippen molar-refractivity contribution >= 4 is 11.3 Å². The molecule has 3 heteroatoms. The van der Waals surface area contributed by atoms with Gasteiger partial charge in [0.25, 0.3) is 0 Å². The lowest BCUT2D eigenvalue weighted by Gasteiger charge is -2.22. The molecule has 2 nitrogen and oxygen atoms in total. The van der Waals surface area contributed by atoms with E-state index >= 15 is 0 Å². The molecular weight excluding hydrogens is 230 g/mol. The predicted octanol–water partition coefficient (Wildman–Crippen LogP) is 3.17. The maximum Gasteiger partial charge on any atom is 0.0960 e. The van der Waals surface area contributed by atoms with Crippen LogP contribution in [0.4, 0.5) is 0 Å². The number of rotatable bonds is 5. The van der Waals surface area contributed by atoms with Crippen molar-refractivity contribution in [2.45, 2.75) is 39.2 Å². The summed E-state index contributed by atoms with van der Waals surface area (Å²) in [7, 11) is 1.99. The number of fused-ring (bicyclic) bond motifs is 1. The molecule has 0 radical (unpaired) electrons. The molecule has 0 fully saturated rings. The Morgan fingerprint density at radius 3 is 3.06 bits per heavy atom. The molecule has 0 saturated heterocycles. The second-order valence-electron chi connectivity index (χ2n) is 5.19. The second-order valence-corrected chi connectivity index (χ2v) is 6.41. The summed E-state index contributed by atoms with van der Waals surface area (Å²) in [4.78, 5) is 3.09. The maximum absolute atomic E-state index is 5.83. The molecule has 1 atom stereocenters. The third kappa shape index (κ3) is 3.30. The van der Waals surface area contributed by atoms with Crippen molar-refractivity contribution in [3.63, 3.8) is 0 Å². The van der Waals surface area contributed by atoms with Crippen LogP contribution < -0.4 is 5.32 Å². The van der Waals surface area contributed by atoms with Gasteiger partial charge in [0.2, 0.25) is 0 Å². The minimum atomic E-state index is 0.271. The molecule has 0 amide bonds. The summed E-state index contributed by atoms with van der Waals surface area (Å²) in [6, 6.07) is 2.38. The van der Waals surface area contributed by atoms with Crippen molar-refractivity contribution in [3.05, 3.63) is 21.4 Å². The Morgan fingerprint density at radius 2 is 2.35 bits per heavy atom. The highest BCUT2D eigenvalue weighted by atomic mass is 32.1. The number of thiophene rings is 1. The molecule has 1 aromatic heterocycles. The van der Waals surface area contributed by atoms with Crippen LogP contribution in [0.5, 0.6) is 0 Å². The quantitative estimate of drug-likeness (QED) is 0.870. The van der Waals surface area contributed by atoms with Gasteiger partial charge in [-0.3, -0.25) is 0 Å². The largest absolute Gasteiger partial charge is 0.372 e. The Balaban J connectivity index is 2.07. The number of hydrogen-bond acceptors (Lipinski definition) is 3. The van der Waals surface area contributed by atoms with Crippen molar-refractivity contribution in [2.24, 2.45) is 5.92 Å². The van der Waals surface area contributed by atoms with Crippen LogP contribution in [0.2, 0.25) is 0 Å². The average molecular weight is 253 g/mol. The van der Waals surface area contributed by atoms with Crippen LogP contribution in [0.3, 0.4) is 0 Å². The van der Waals surface area contributed by atoms with Crippen LogP contribution in [-0.2, 0) is 17.6 Å². The Kier molecular flexibility index (Phi) is 4.60. The van der Waals surface area contributed by atoms with Crippen molar-refractivity contribution in [3.8, 4) is 0 Å². The fourth-order valence-corrected chi connectivity index (χ4v) is 3.48. The lowest BCUT2D eigenvalue weighted by molar-refractivity contribution is 0.0451. The molecule has 1 aliphatic rings. The van der Waals surface area contributed by atoms with E-state index in [1.165, 1.54) is 23.3 Å². The fourth-order valence-electron chi connectivity index (χ4n) is 2.26. The summed E-state index contributed by atoms with van der Waals surface area (Å²) in [5.74, 6) is 0.790. The molecule has 1 N–H and O–H groups in total. The zero-order valence-electron chi connectivity index (χ0n) is 11.1. The van der Waals surface area contributed by atoms with Crippen molar-refractivity contribution < 1.29 is 4.74 Å². The standard InChI is InChI=1S/C14H23NOS/c1-10(2)4-5-11-8-12-13(9-15-3)16-7-6-14(12)17-11/h8,10,13,15H,4-7,9H2,1-3H3. The first-order valence-electron chi connectivity index (χ1n) is 6.58. The molecule has 96 valence electrons. The van der Waals surface area contributed by atoms with Crippen LogP contribution in [0.1, 0.15) is 41.7 Å². The van der Waals surface area contributed by atoms with E-state index in [1.54, 1.807) is 4.88 Å². The second kappa shape index (κ2) is 5.98. The molecule has 17 heavy (non-hydrogen) atoms. The lowest BCUT2D eigenvalue weighted by atomic mass is 10.0. The van der Waals surface area contributed by atoms with Gasteiger partial charge < -0.3 is 10.1 Å². The van der Waals surface area contributed by atoms with Crippen molar-refractivity contribution in [1.29, 1.82) is 0 Å². The summed E-state index contributed by atoms with van der Waals surface area (Å²) < 4.78 is 5.83. The van der Waals surface area contributed by atoms with Gasteiger partial charge in [-0.2, -0.15) is 0 Å². The van der Waals surface area contributed by atoms with Crippen LogP contribution in [-0.4, -0.2) is 20.2 Å². The van der Waals surface area contributed by atoms with E-state index in [0.717, 1.165) is 25.5 Å². The molecule has 1 unspecified atom stereocenters. The van der Waals surface area contributed by atoms with E-state index in [4.69, 9.17) is 4.74 Å². The molecule has 0 spiro atoms. The average Bonchev–Trinajstić information content (AvgIpc) is 2.71. The number of hydrogen-bond donors (Lipinski definition) is 1. The first-order valence-corrected chi connectivity index (χ1v) is 7.40. The number of ether oxygens (including phenoxy) is 1. The van der Waals surface area contributed by atoms with Crippen LogP contribution in [0.25, 0.3) is 0 Å². The third-order valence-corrected chi connectivity index (χ3v) is 4.52. The topological polar surface area (TPSA) is 21.3 Å². The van der Waals surface area contributed by atoms with Crippen LogP contribution in [0, 0.1) is 5.92 Å². The first kappa shape index (κ1) is 13.1. The Hall–Kier alpha value is -0.380. The zero-order valence-corrected chi connectivity index (χ0v) is 11.9. The fraction of sp³-hybridized carbons (Fsp3) is 0.714. The van der Waals surface area contributed by atoms with Crippen molar-refractivity contribution in [1.82, 2.24) is 5.32 Å². The maximum atomic E-state index is 5.83. The van der Waals surface area contributed by atoms with Gasteiger partial charge in [0.1, 0.15) is 0 Å². The molecule has 1 aromatic rings. The Bertz CT molecular complexity index is 359. The summed E-state index contributed by atoms with van der Waals surface area (Å²) in [6.07, 6.45) is 3.88. The Morgan fingerprint density at radius 1 is 1.53 bits per heavy atom. The molecule has 0 saturated carbocycles. The minimum Gasteiger partial charge on any atom is -0.372 e. The van der Waals surface area contributed by atoms with E-state index < -0.39 is 0 Å². The van der Waals surface area contributed by atoms with Gasteiger partial charge in [-0.05, 0) is 37.4 Å². The van der Waals surface area contributed by atoms with Gasteiger partial charge in [0.15, 0.2) is 0 Å². The van der Waals surface area contributed by atoms with E-state index in [0.29, 0.717) is 0 Å².